The van der Waals surface area contributed by atoms with Crippen molar-refractivity contribution in [3.05, 3.63) is 107 Å². The molecule has 1 aliphatic heterocycles. The van der Waals surface area contributed by atoms with Crippen LogP contribution in [0, 0.1) is 6.92 Å². The van der Waals surface area contributed by atoms with Crippen molar-refractivity contribution in [2.45, 2.75) is 13.0 Å². The van der Waals surface area contributed by atoms with Crippen molar-refractivity contribution >= 4 is 23.1 Å². The number of aliphatic hydroxyl groups excluding tert-OH is 1. The van der Waals surface area contributed by atoms with Crippen LogP contribution in [0.4, 0.5) is 5.69 Å². The molecular weight excluding hydrogens is 350 g/mol. The lowest BCUT2D eigenvalue weighted by molar-refractivity contribution is -0.132. The fourth-order valence-corrected chi connectivity index (χ4v) is 3.50. The number of nitrogens with zero attached hydrogens (tertiary/aromatic N) is 1. The van der Waals surface area contributed by atoms with Crippen LogP contribution in [0.15, 0.2) is 90.5 Å². The van der Waals surface area contributed by atoms with Gasteiger partial charge in [0.15, 0.2) is 0 Å². The van der Waals surface area contributed by atoms with Crippen LogP contribution >= 0.6 is 0 Å². The van der Waals surface area contributed by atoms with Gasteiger partial charge < -0.3 is 5.11 Å². The quantitative estimate of drug-likeness (QED) is 0.416. The van der Waals surface area contributed by atoms with Crippen molar-refractivity contribution < 1.29 is 14.7 Å². The molecule has 1 N–H and O–H groups in total. The van der Waals surface area contributed by atoms with Crippen molar-refractivity contribution in [3.8, 4) is 0 Å². The van der Waals surface area contributed by atoms with E-state index in [-0.39, 0.29) is 11.3 Å². The Kier molecular flexibility index (Phi) is 4.53. The molecular formula is C24H19NO3. The lowest BCUT2D eigenvalue weighted by Crippen LogP contribution is -2.29. The number of anilines is 1. The number of hydrogen-bond donors (Lipinski definition) is 1. The fraction of sp³-hybridized carbons (Fsp3) is 0.0833. The minimum atomic E-state index is -0.691. The summed E-state index contributed by atoms with van der Waals surface area (Å²) >= 11 is 0. The second-order valence-corrected chi connectivity index (χ2v) is 6.78. The molecule has 1 atom stereocenters. The average Bonchev–Trinajstić information content (AvgIpc) is 3.00. The number of hydrogen-bond acceptors (Lipinski definition) is 3. The van der Waals surface area contributed by atoms with Crippen LogP contribution in [0.1, 0.15) is 22.7 Å². The zero-order valence-corrected chi connectivity index (χ0v) is 15.4. The second kappa shape index (κ2) is 7.16. The van der Waals surface area contributed by atoms with Gasteiger partial charge in [-0.3, -0.25) is 14.5 Å². The number of benzene rings is 3. The molecule has 0 saturated carbocycles. The molecule has 0 radical (unpaired) electrons. The first-order chi connectivity index (χ1) is 13.6. The maximum absolute atomic E-state index is 12.9. The smallest absolute Gasteiger partial charge is 0.300 e. The minimum absolute atomic E-state index is 0.101. The highest BCUT2D eigenvalue weighted by Gasteiger charge is 2.46. The number of ketones is 1. The molecule has 1 heterocycles. The van der Waals surface area contributed by atoms with Crippen LogP contribution < -0.4 is 4.90 Å². The summed E-state index contributed by atoms with van der Waals surface area (Å²) in [5, 5.41) is 10.9. The summed E-state index contributed by atoms with van der Waals surface area (Å²) < 4.78 is 0. The van der Waals surface area contributed by atoms with Crippen LogP contribution in [0.25, 0.3) is 5.76 Å². The summed E-state index contributed by atoms with van der Waals surface area (Å²) in [5.41, 5.74) is 3.06. The number of aryl methyl sites for hydroxylation is 1. The van der Waals surface area contributed by atoms with E-state index >= 15 is 0 Å². The highest BCUT2D eigenvalue weighted by atomic mass is 16.3. The third kappa shape index (κ3) is 2.99. The van der Waals surface area contributed by atoms with Crippen molar-refractivity contribution in [3.63, 3.8) is 0 Å². The Morgan fingerprint density at radius 2 is 1.39 bits per heavy atom. The molecule has 0 aromatic heterocycles. The number of para-hydroxylation sites is 1. The summed E-state index contributed by atoms with van der Waals surface area (Å²) in [6, 6.07) is 24.8. The summed E-state index contributed by atoms with van der Waals surface area (Å²) in [5.74, 6) is -1.49. The van der Waals surface area contributed by atoms with Crippen molar-refractivity contribution in [1.29, 1.82) is 0 Å². The first-order valence-electron chi connectivity index (χ1n) is 9.06. The van der Waals surface area contributed by atoms with E-state index in [9.17, 15) is 14.7 Å². The highest BCUT2D eigenvalue weighted by molar-refractivity contribution is 6.51. The monoisotopic (exact) mass is 369 g/mol. The molecule has 1 aliphatic rings. The van der Waals surface area contributed by atoms with E-state index in [1.165, 1.54) is 4.90 Å². The van der Waals surface area contributed by atoms with Gasteiger partial charge in [-0.25, -0.2) is 0 Å². The Bertz CT molecular complexity index is 1050. The van der Waals surface area contributed by atoms with E-state index in [2.05, 4.69) is 0 Å². The van der Waals surface area contributed by atoms with Crippen LogP contribution in [-0.4, -0.2) is 16.8 Å². The zero-order chi connectivity index (χ0) is 19.7. The van der Waals surface area contributed by atoms with E-state index in [1.54, 1.807) is 36.4 Å². The van der Waals surface area contributed by atoms with Crippen LogP contribution in [-0.2, 0) is 9.59 Å². The molecule has 1 fully saturated rings. The average molecular weight is 369 g/mol. The molecule has 0 aliphatic carbocycles. The van der Waals surface area contributed by atoms with Crippen LogP contribution in [0.5, 0.6) is 0 Å². The van der Waals surface area contributed by atoms with E-state index in [4.69, 9.17) is 0 Å². The Morgan fingerprint density at radius 3 is 2.00 bits per heavy atom. The summed E-state index contributed by atoms with van der Waals surface area (Å²) in [4.78, 5) is 27.3. The first-order valence-corrected chi connectivity index (χ1v) is 9.06. The minimum Gasteiger partial charge on any atom is -0.507 e. The maximum atomic E-state index is 12.9. The lowest BCUT2D eigenvalue weighted by atomic mass is 9.94. The topological polar surface area (TPSA) is 57.6 Å². The Labute approximate surface area is 163 Å². The van der Waals surface area contributed by atoms with E-state index in [0.29, 0.717) is 11.3 Å². The Balaban J connectivity index is 1.95. The number of rotatable bonds is 3. The molecule has 3 aromatic rings. The SMILES string of the molecule is Cc1ccc(C2/C(=C(\O)c3ccccc3)C(=O)C(=O)N2c2ccccc2)cc1. The zero-order valence-electron chi connectivity index (χ0n) is 15.4. The standard InChI is InChI=1S/C24H19NO3/c1-16-12-14-17(15-13-16)21-20(22(26)18-8-4-2-5-9-18)23(27)24(28)25(21)19-10-6-3-7-11-19/h2-15,21,26H,1H3/b22-20+. The van der Waals surface area contributed by atoms with Gasteiger partial charge in [-0.15, -0.1) is 0 Å². The van der Waals surface area contributed by atoms with Gasteiger partial charge in [-0.1, -0.05) is 78.4 Å². The van der Waals surface area contributed by atoms with Crippen LogP contribution in [0.2, 0.25) is 0 Å². The van der Waals surface area contributed by atoms with E-state index in [1.807, 2.05) is 55.5 Å². The summed E-state index contributed by atoms with van der Waals surface area (Å²) in [6.45, 7) is 1.97. The predicted molar refractivity (Wildman–Crippen MR) is 109 cm³/mol. The van der Waals surface area contributed by atoms with Gasteiger partial charge in [0.25, 0.3) is 11.7 Å². The van der Waals surface area contributed by atoms with E-state index in [0.717, 1.165) is 11.1 Å². The third-order valence-electron chi connectivity index (χ3n) is 4.92. The largest absolute Gasteiger partial charge is 0.507 e. The second-order valence-electron chi connectivity index (χ2n) is 6.78. The normalized spacial score (nSPS) is 18.5. The number of aliphatic hydroxyl groups is 1. The fourth-order valence-electron chi connectivity index (χ4n) is 3.50. The van der Waals surface area contributed by atoms with Gasteiger partial charge >= 0.3 is 0 Å². The number of carbonyl (C=O) groups is 2. The van der Waals surface area contributed by atoms with Crippen molar-refractivity contribution in [1.82, 2.24) is 0 Å². The predicted octanol–water partition coefficient (Wildman–Crippen LogP) is 4.62. The Hall–Kier alpha value is -3.66. The van der Waals surface area contributed by atoms with Crippen molar-refractivity contribution in [2.24, 2.45) is 0 Å². The number of Topliss-reactive ketones (excluding diaryl/α,β-unsaturated/α-hetero) is 1. The molecule has 1 saturated heterocycles. The van der Waals surface area contributed by atoms with E-state index < -0.39 is 17.7 Å². The van der Waals surface area contributed by atoms with Crippen LogP contribution in [0.3, 0.4) is 0 Å². The molecule has 4 nitrogen and oxygen atoms in total. The van der Waals surface area contributed by atoms with Gasteiger partial charge in [0.05, 0.1) is 11.6 Å². The first kappa shape index (κ1) is 17.7. The van der Waals surface area contributed by atoms with Gasteiger partial charge in [0, 0.05) is 11.3 Å². The van der Waals surface area contributed by atoms with Gasteiger partial charge in [0.1, 0.15) is 5.76 Å². The molecule has 3 aromatic carbocycles. The number of amides is 1. The van der Waals surface area contributed by atoms with Gasteiger partial charge in [-0.2, -0.15) is 0 Å². The molecule has 0 bridgehead atoms. The lowest BCUT2D eigenvalue weighted by Gasteiger charge is -2.25. The maximum Gasteiger partial charge on any atom is 0.300 e. The third-order valence-corrected chi connectivity index (χ3v) is 4.92. The molecule has 28 heavy (non-hydrogen) atoms. The van der Waals surface area contributed by atoms with Gasteiger partial charge in [-0.05, 0) is 24.6 Å². The molecule has 4 heteroatoms. The molecule has 4 rings (SSSR count). The van der Waals surface area contributed by atoms with Gasteiger partial charge in [0.2, 0.25) is 0 Å². The molecule has 0 spiro atoms. The Morgan fingerprint density at radius 1 is 0.821 bits per heavy atom. The molecule has 1 unspecified atom stereocenters. The summed E-state index contributed by atoms with van der Waals surface area (Å²) in [6.07, 6.45) is 0. The highest BCUT2D eigenvalue weighted by Crippen LogP contribution is 2.42. The molecule has 1 amide bonds. The summed E-state index contributed by atoms with van der Waals surface area (Å²) in [7, 11) is 0. The molecule has 138 valence electrons. The van der Waals surface area contributed by atoms with Crippen molar-refractivity contribution in [2.75, 3.05) is 4.90 Å². The number of carbonyl (C=O) groups excluding carboxylic acids is 2.